The van der Waals surface area contributed by atoms with Crippen LogP contribution >= 0.6 is 0 Å². The molecule has 0 radical (unpaired) electrons. The summed E-state index contributed by atoms with van der Waals surface area (Å²) in [6, 6.07) is 12.5. The predicted molar refractivity (Wildman–Crippen MR) is 134 cm³/mol. The first kappa shape index (κ1) is 28.5. The number of esters is 1. The van der Waals surface area contributed by atoms with Crippen molar-refractivity contribution in [2.24, 2.45) is 5.41 Å². The number of rotatable bonds is 6. The van der Waals surface area contributed by atoms with Gasteiger partial charge in [0, 0.05) is 43.0 Å². The molecule has 9 nitrogen and oxygen atoms in total. The number of benzene rings is 2. The van der Waals surface area contributed by atoms with Crippen molar-refractivity contribution in [2.45, 2.75) is 37.8 Å². The molecular formula is C28H26F3N3O6. The van der Waals surface area contributed by atoms with E-state index in [4.69, 9.17) is 14.2 Å². The summed E-state index contributed by atoms with van der Waals surface area (Å²) in [6.07, 6.45) is -5.55. The first-order chi connectivity index (χ1) is 18.8. The zero-order valence-electron chi connectivity index (χ0n) is 21.9. The number of hydrazine groups is 1. The van der Waals surface area contributed by atoms with E-state index in [0.717, 1.165) is 19.2 Å². The Balaban J connectivity index is 1.86. The van der Waals surface area contributed by atoms with Gasteiger partial charge in [-0.3, -0.25) is 15.2 Å². The van der Waals surface area contributed by atoms with Crippen LogP contribution in [0.5, 0.6) is 0 Å². The third kappa shape index (κ3) is 4.62. The number of allylic oxidation sites excluding steroid dienone is 2. The number of ketones is 1. The highest BCUT2D eigenvalue weighted by Gasteiger charge is 2.65. The maximum Gasteiger partial charge on any atom is 0.432 e. The molecule has 0 unspecified atom stereocenters. The van der Waals surface area contributed by atoms with Gasteiger partial charge in [0.15, 0.2) is 18.0 Å². The number of carbonyl (C=O) groups excluding carboxylic acids is 2. The number of alkyl halides is 3. The second kappa shape index (κ2) is 10.2. The standard InChI is InChI=1S/C28H26F3N3O6/c1-26(2)23(36)18-11-10-16(15-32)14-19(18)22(39-20-12-13-21(35)34(3)33-20)24(26)40-25(37)27(38-4,28(29,30)31)17-8-6-5-7-9-17/h5-14,22,24,33,35H,1-4H3/t22-,24+,27+/m1/s1. The van der Waals surface area contributed by atoms with Crippen LogP contribution < -0.4 is 5.43 Å². The summed E-state index contributed by atoms with van der Waals surface area (Å²) in [6.45, 7) is 2.85. The number of halogens is 3. The Morgan fingerprint density at radius 1 is 1.15 bits per heavy atom. The lowest BCUT2D eigenvalue weighted by Gasteiger charge is -2.44. The largest absolute Gasteiger partial charge is 0.494 e. The van der Waals surface area contributed by atoms with Crippen molar-refractivity contribution >= 4 is 11.8 Å². The van der Waals surface area contributed by atoms with Gasteiger partial charge in [0.1, 0.15) is 0 Å². The van der Waals surface area contributed by atoms with Crippen LogP contribution in [0.1, 0.15) is 47.0 Å². The summed E-state index contributed by atoms with van der Waals surface area (Å²) in [5.41, 5.74) is -2.43. The molecule has 1 heterocycles. The molecule has 1 aliphatic heterocycles. The molecule has 0 saturated carbocycles. The van der Waals surface area contributed by atoms with Crippen molar-refractivity contribution in [1.82, 2.24) is 10.4 Å². The Morgan fingerprint density at radius 2 is 1.82 bits per heavy atom. The Labute approximate surface area is 228 Å². The van der Waals surface area contributed by atoms with Crippen LogP contribution in [0.3, 0.4) is 0 Å². The van der Waals surface area contributed by atoms with Gasteiger partial charge in [-0.25, -0.2) is 4.79 Å². The maximum absolute atomic E-state index is 14.6. The number of nitriles is 1. The lowest BCUT2D eigenvalue weighted by molar-refractivity contribution is -0.281. The van der Waals surface area contributed by atoms with E-state index in [-0.39, 0.29) is 28.5 Å². The van der Waals surface area contributed by atoms with Crippen molar-refractivity contribution in [3.63, 3.8) is 0 Å². The number of methoxy groups -OCH3 is 1. The molecule has 12 heteroatoms. The number of aliphatic hydroxyl groups is 1. The Hall–Kier alpha value is -4.50. The fourth-order valence-electron chi connectivity index (χ4n) is 4.74. The molecule has 3 atom stereocenters. The van der Waals surface area contributed by atoms with Gasteiger partial charge in [-0.05, 0) is 32.0 Å². The Bertz CT molecular complexity index is 1430. The summed E-state index contributed by atoms with van der Waals surface area (Å²) < 4.78 is 60.4. The highest BCUT2D eigenvalue weighted by molar-refractivity contribution is 6.03. The first-order valence-corrected chi connectivity index (χ1v) is 12.0. The molecule has 2 aromatic rings. The Morgan fingerprint density at radius 3 is 2.40 bits per heavy atom. The molecule has 2 aliphatic rings. The van der Waals surface area contributed by atoms with Crippen molar-refractivity contribution in [1.29, 1.82) is 5.26 Å². The minimum Gasteiger partial charge on any atom is -0.494 e. The number of hydrogen-bond donors (Lipinski definition) is 2. The number of aliphatic hydroxyl groups excluding tert-OH is 1. The van der Waals surface area contributed by atoms with Crippen molar-refractivity contribution in [2.75, 3.05) is 14.2 Å². The molecular weight excluding hydrogens is 531 g/mol. The third-order valence-electron chi connectivity index (χ3n) is 6.97. The normalized spacial score (nSPS) is 21.6. The number of hydrogen-bond acceptors (Lipinski definition) is 9. The highest BCUT2D eigenvalue weighted by Crippen LogP contribution is 2.49. The van der Waals surface area contributed by atoms with E-state index in [1.54, 1.807) is 0 Å². The second-order valence-corrected chi connectivity index (χ2v) is 9.80. The number of fused-ring (bicyclic) bond motifs is 1. The number of carbonyl (C=O) groups is 2. The number of nitrogens with one attached hydrogen (secondary N) is 1. The predicted octanol–water partition coefficient (Wildman–Crippen LogP) is 4.55. The average Bonchev–Trinajstić information content (AvgIpc) is 2.91. The molecule has 1 aliphatic carbocycles. The molecule has 0 spiro atoms. The van der Waals surface area contributed by atoms with Gasteiger partial charge in [-0.15, -0.1) is 0 Å². The van der Waals surface area contributed by atoms with Gasteiger partial charge < -0.3 is 19.3 Å². The topological polar surface area (TPSA) is 121 Å². The van der Waals surface area contributed by atoms with E-state index in [2.05, 4.69) is 5.43 Å². The van der Waals surface area contributed by atoms with Crippen LogP contribution in [0.2, 0.25) is 0 Å². The number of nitrogens with zero attached hydrogens (tertiary/aromatic N) is 2. The minimum absolute atomic E-state index is 0.0293. The van der Waals surface area contributed by atoms with Gasteiger partial charge in [-0.1, -0.05) is 30.3 Å². The molecule has 210 valence electrons. The Kier molecular flexibility index (Phi) is 7.30. The van der Waals surface area contributed by atoms with Crippen LogP contribution in [0.4, 0.5) is 13.2 Å². The van der Waals surface area contributed by atoms with Gasteiger partial charge in [0.05, 0.1) is 17.0 Å². The maximum atomic E-state index is 14.6. The molecule has 2 N–H and O–H groups in total. The SMILES string of the molecule is CO[C@](C(=O)O[C@H]1[C@H](OC2=CC=C(O)N(C)N2)c2cc(C#N)ccc2C(=O)C1(C)C)(c1ccccc1)C(F)(F)F. The van der Waals surface area contributed by atoms with E-state index in [1.165, 1.54) is 74.5 Å². The summed E-state index contributed by atoms with van der Waals surface area (Å²) in [5, 5.41) is 20.6. The van der Waals surface area contributed by atoms with Gasteiger partial charge in [0.25, 0.3) is 5.60 Å². The van der Waals surface area contributed by atoms with E-state index >= 15 is 0 Å². The number of ether oxygens (including phenoxy) is 3. The van der Waals surface area contributed by atoms with Crippen LogP contribution in [0, 0.1) is 16.7 Å². The zero-order chi connectivity index (χ0) is 29.5. The van der Waals surface area contributed by atoms with Gasteiger partial charge in [0.2, 0.25) is 11.8 Å². The van der Waals surface area contributed by atoms with Crippen LogP contribution in [0.25, 0.3) is 0 Å². The van der Waals surface area contributed by atoms with Crippen molar-refractivity contribution in [3.8, 4) is 6.07 Å². The summed E-state index contributed by atoms with van der Waals surface area (Å²) >= 11 is 0. The molecule has 0 bridgehead atoms. The van der Waals surface area contributed by atoms with E-state index in [1.807, 2.05) is 6.07 Å². The lowest BCUT2D eigenvalue weighted by Crippen LogP contribution is -2.56. The number of Topliss-reactive ketones (excluding diaryl/α,β-unsaturated/α-hetero) is 1. The summed E-state index contributed by atoms with van der Waals surface area (Å²) in [7, 11) is 2.22. The van der Waals surface area contributed by atoms with E-state index in [9.17, 15) is 33.1 Å². The van der Waals surface area contributed by atoms with E-state index < -0.39 is 46.7 Å². The molecule has 40 heavy (non-hydrogen) atoms. The quantitative estimate of drug-likeness (QED) is 0.493. The summed E-state index contributed by atoms with van der Waals surface area (Å²) in [5.74, 6) is -2.45. The van der Waals surface area contributed by atoms with Crippen molar-refractivity contribution in [3.05, 3.63) is 94.7 Å². The fourth-order valence-corrected chi connectivity index (χ4v) is 4.74. The minimum atomic E-state index is -5.25. The van der Waals surface area contributed by atoms with Gasteiger partial charge >= 0.3 is 12.1 Å². The lowest BCUT2D eigenvalue weighted by atomic mass is 9.69. The van der Waals surface area contributed by atoms with Crippen LogP contribution in [-0.4, -0.2) is 48.3 Å². The highest BCUT2D eigenvalue weighted by atomic mass is 19.4. The van der Waals surface area contributed by atoms with Crippen LogP contribution in [-0.2, 0) is 24.6 Å². The average molecular weight is 558 g/mol. The fraction of sp³-hybridized carbons (Fsp3) is 0.321. The first-order valence-electron chi connectivity index (χ1n) is 12.0. The molecule has 0 fully saturated rings. The van der Waals surface area contributed by atoms with Gasteiger partial charge in [-0.2, -0.15) is 18.4 Å². The molecule has 0 aromatic heterocycles. The monoisotopic (exact) mass is 557 g/mol. The summed E-state index contributed by atoms with van der Waals surface area (Å²) in [4.78, 5) is 27.2. The zero-order valence-corrected chi connectivity index (χ0v) is 21.9. The molecule has 0 saturated heterocycles. The smallest absolute Gasteiger partial charge is 0.432 e. The molecule has 4 rings (SSSR count). The molecule has 2 aromatic carbocycles. The van der Waals surface area contributed by atoms with E-state index in [0.29, 0.717) is 0 Å². The third-order valence-corrected chi connectivity index (χ3v) is 6.97. The molecule has 0 amide bonds. The second-order valence-electron chi connectivity index (χ2n) is 9.80. The van der Waals surface area contributed by atoms with Crippen molar-refractivity contribution < 1.29 is 42.1 Å². The van der Waals surface area contributed by atoms with Crippen LogP contribution in [0.15, 0.2) is 72.4 Å².